The minimum atomic E-state index is -0.705. The van der Waals surface area contributed by atoms with E-state index in [0.717, 1.165) is 5.54 Å². The number of nitrogen functional groups attached to an aromatic ring is 1. The van der Waals surface area contributed by atoms with Crippen molar-refractivity contribution in [3.05, 3.63) is 16.6 Å². The van der Waals surface area contributed by atoms with Gasteiger partial charge in [-0.25, -0.2) is 4.98 Å². The van der Waals surface area contributed by atoms with Crippen LogP contribution in [0.2, 0.25) is 0 Å². The molecule has 0 bridgehead atoms. The molecule has 1 aliphatic heterocycles. The summed E-state index contributed by atoms with van der Waals surface area (Å²) in [5.74, 6) is -0.685. The Balaban J connectivity index is 1.70. The van der Waals surface area contributed by atoms with Crippen molar-refractivity contribution < 1.29 is 9.59 Å². The van der Waals surface area contributed by atoms with E-state index in [0.29, 0.717) is 10.8 Å². The van der Waals surface area contributed by atoms with Gasteiger partial charge in [0.2, 0.25) is 0 Å². The lowest BCUT2D eigenvalue weighted by atomic mass is 9.97. The van der Waals surface area contributed by atoms with Gasteiger partial charge in [0.1, 0.15) is 6.04 Å². The Bertz CT molecular complexity index is 773. The van der Waals surface area contributed by atoms with Crippen LogP contribution in [0.1, 0.15) is 12.6 Å². The van der Waals surface area contributed by atoms with Crippen molar-refractivity contribution in [3.8, 4) is 0 Å². The number of β-lactam (4-membered cyclic amide) rings is 1. The minimum Gasteiger partial charge on any atom is -0.375 e. The zero-order chi connectivity index (χ0) is 16.6. The Morgan fingerprint density at radius 1 is 1.61 bits per heavy atom. The summed E-state index contributed by atoms with van der Waals surface area (Å²) in [4.78, 5) is 29.8. The minimum absolute atomic E-state index is 0.137. The first-order valence-electron chi connectivity index (χ1n) is 6.42. The van der Waals surface area contributed by atoms with Crippen LogP contribution in [0.3, 0.4) is 0 Å². The zero-order valence-corrected chi connectivity index (χ0v) is 13.3. The Labute approximate surface area is 138 Å². The highest BCUT2D eigenvalue weighted by Crippen LogP contribution is 2.26. The fourth-order valence-corrected chi connectivity index (χ4v) is 2.97. The van der Waals surface area contributed by atoms with Gasteiger partial charge in [-0.05, 0) is 12.1 Å². The van der Waals surface area contributed by atoms with Crippen LogP contribution >= 0.6 is 22.9 Å². The normalized spacial score (nSPS) is 21.2. The highest BCUT2D eigenvalue weighted by molar-refractivity contribution is 7.13. The quantitative estimate of drug-likeness (QED) is 0.507. The largest absolute Gasteiger partial charge is 0.375 e. The summed E-state index contributed by atoms with van der Waals surface area (Å²) in [6, 6.07) is -1.02. The fourth-order valence-electron chi connectivity index (χ4n) is 2.20. The Hall–Kier alpha value is -2.53. The molecular formula is C11H11ClN8O2S. The average molecular weight is 355 g/mol. The highest BCUT2D eigenvalue weighted by Gasteiger charge is 2.48. The maximum absolute atomic E-state index is 12.3. The number of carbonyl (C=O) groups is 2. The smallest absolute Gasteiger partial charge is 0.272 e. The first-order valence-corrected chi connectivity index (χ1v) is 7.73. The molecule has 2 amide bonds. The number of halogens is 1. The number of hydrogen-bond donors (Lipinski definition) is 3. The van der Waals surface area contributed by atoms with Gasteiger partial charge >= 0.3 is 0 Å². The van der Waals surface area contributed by atoms with Gasteiger partial charge in [-0.3, -0.25) is 14.5 Å². The third-order valence-electron chi connectivity index (χ3n) is 3.38. The second-order valence-corrected chi connectivity index (χ2v) is 5.81. The number of nitrogens with zero attached hydrogens (tertiary/aromatic N) is 5. The molecular weight excluding hydrogens is 344 g/mol. The molecule has 23 heavy (non-hydrogen) atoms. The van der Waals surface area contributed by atoms with Crippen molar-refractivity contribution in [2.75, 3.05) is 10.6 Å². The molecule has 120 valence electrons. The SMILES string of the molecule is C[C@@H]1[C@H](NC(=O)/C(=C\Cl)c2csc(N)n2)C(=O)N1c1nn[nH]n1. The molecule has 3 heterocycles. The molecule has 2 aromatic rings. The van der Waals surface area contributed by atoms with Crippen LogP contribution in [0.5, 0.6) is 0 Å². The molecule has 0 radical (unpaired) electrons. The van der Waals surface area contributed by atoms with Crippen molar-refractivity contribution in [1.29, 1.82) is 0 Å². The fraction of sp³-hybridized carbons (Fsp3) is 0.273. The summed E-state index contributed by atoms with van der Waals surface area (Å²) in [6.07, 6.45) is 0. The van der Waals surface area contributed by atoms with E-state index in [2.05, 4.69) is 30.9 Å². The van der Waals surface area contributed by atoms with E-state index in [4.69, 9.17) is 17.3 Å². The predicted molar refractivity (Wildman–Crippen MR) is 83.4 cm³/mol. The van der Waals surface area contributed by atoms with E-state index < -0.39 is 11.9 Å². The summed E-state index contributed by atoms with van der Waals surface area (Å²) < 4.78 is 0. The Kier molecular flexibility index (Phi) is 3.96. The summed E-state index contributed by atoms with van der Waals surface area (Å²) >= 11 is 6.90. The van der Waals surface area contributed by atoms with Crippen molar-refractivity contribution in [2.24, 2.45) is 0 Å². The lowest BCUT2D eigenvalue weighted by Crippen LogP contribution is -2.70. The van der Waals surface area contributed by atoms with Crippen LogP contribution in [-0.4, -0.2) is 49.5 Å². The Morgan fingerprint density at radius 3 is 2.91 bits per heavy atom. The molecule has 2 atom stereocenters. The molecule has 1 aliphatic rings. The van der Waals surface area contributed by atoms with E-state index in [1.165, 1.54) is 16.2 Å². The van der Waals surface area contributed by atoms with Crippen molar-refractivity contribution in [1.82, 2.24) is 30.9 Å². The van der Waals surface area contributed by atoms with Gasteiger partial charge in [0.05, 0.1) is 17.3 Å². The third-order valence-corrected chi connectivity index (χ3v) is 4.27. The molecule has 10 nitrogen and oxygen atoms in total. The van der Waals surface area contributed by atoms with Gasteiger partial charge in [0.15, 0.2) is 5.13 Å². The van der Waals surface area contributed by atoms with Crippen LogP contribution in [-0.2, 0) is 9.59 Å². The number of hydrogen-bond acceptors (Lipinski definition) is 8. The lowest BCUT2D eigenvalue weighted by Gasteiger charge is -2.42. The molecule has 3 rings (SSSR count). The summed E-state index contributed by atoms with van der Waals surface area (Å²) in [6.45, 7) is 1.76. The van der Waals surface area contributed by atoms with Crippen LogP contribution in [0.15, 0.2) is 10.9 Å². The molecule has 0 unspecified atom stereocenters. The van der Waals surface area contributed by atoms with E-state index in [1.807, 2.05) is 0 Å². The number of tetrazole rings is 1. The van der Waals surface area contributed by atoms with E-state index in [-0.39, 0.29) is 23.5 Å². The monoisotopic (exact) mass is 354 g/mol. The van der Waals surface area contributed by atoms with Crippen molar-refractivity contribution in [3.63, 3.8) is 0 Å². The third kappa shape index (κ3) is 2.64. The number of H-pyrrole nitrogens is 1. The van der Waals surface area contributed by atoms with Crippen LogP contribution in [0, 0.1) is 0 Å². The van der Waals surface area contributed by atoms with Crippen LogP contribution in [0.4, 0.5) is 11.1 Å². The number of thiazole rings is 1. The first kappa shape index (κ1) is 15.4. The molecule has 0 aromatic carbocycles. The van der Waals surface area contributed by atoms with Crippen molar-refractivity contribution >= 4 is 51.4 Å². The van der Waals surface area contributed by atoms with Gasteiger partial charge in [0, 0.05) is 10.9 Å². The number of nitrogens with one attached hydrogen (secondary N) is 2. The number of anilines is 2. The maximum atomic E-state index is 12.3. The van der Waals surface area contributed by atoms with Crippen LogP contribution < -0.4 is 16.0 Å². The second kappa shape index (κ2) is 5.93. The van der Waals surface area contributed by atoms with E-state index >= 15 is 0 Å². The molecule has 0 aliphatic carbocycles. The number of rotatable bonds is 4. The van der Waals surface area contributed by atoms with Crippen molar-refractivity contribution in [2.45, 2.75) is 19.0 Å². The topological polar surface area (TPSA) is 143 Å². The zero-order valence-electron chi connectivity index (χ0n) is 11.7. The Morgan fingerprint density at radius 2 is 2.39 bits per heavy atom. The van der Waals surface area contributed by atoms with E-state index in [1.54, 1.807) is 12.3 Å². The molecule has 1 fully saturated rings. The number of amides is 2. The molecule has 4 N–H and O–H groups in total. The predicted octanol–water partition coefficient (Wildman–Crippen LogP) is -0.262. The molecule has 12 heteroatoms. The van der Waals surface area contributed by atoms with Gasteiger partial charge in [-0.15, -0.1) is 16.4 Å². The second-order valence-electron chi connectivity index (χ2n) is 4.71. The van der Waals surface area contributed by atoms with Crippen LogP contribution in [0.25, 0.3) is 5.57 Å². The molecule has 1 saturated heterocycles. The summed E-state index contributed by atoms with van der Waals surface area (Å²) in [5, 5.41) is 17.7. The van der Waals surface area contributed by atoms with Gasteiger partial charge < -0.3 is 11.1 Å². The lowest BCUT2D eigenvalue weighted by molar-refractivity contribution is -0.130. The standard InChI is InChI=1S/C11H11ClN8O2S/c1-4-7(9(22)20(4)11-16-18-19-17-11)15-8(21)5(2-12)6-3-23-10(13)14-6/h2-4,7H,1H3,(H2,13,14)(H,15,21)(H,16,17,18,19)/b5-2-/t4-,7+/m1/s1. The summed E-state index contributed by atoms with van der Waals surface area (Å²) in [5.41, 5.74) is 7.15. The summed E-state index contributed by atoms with van der Waals surface area (Å²) in [7, 11) is 0. The van der Waals surface area contributed by atoms with Gasteiger partial charge in [-0.1, -0.05) is 16.7 Å². The number of nitrogens with two attached hydrogens (primary N) is 1. The number of carbonyl (C=O) groups excluding carboxylic acids is 2. The number of aromatic amines is 1. The van der Waals surface area contributed by atoms with Gasteiger partial charge in [-0.2, -0.15) is 5.21 Å². The highest BCUT2D eigenvalue weighted by atomic mass is 35.5. The molecule has 0 saturated carbocycles. The average Bonchev–Trinajstić information content (AvgIpc) is 3.18. The number of aromatic nitrogens is 5. The first-order chi connectivity index (χ1) is 11.0. The van der Waals surface area contributed by atoms with E-state index in [9.17, 15) is 9.59 Å². The molecule has 0 spiro atoms. The van der Waals surface area contributed by atoms with Gasteiger partial charge in [0.25, 0.3) is 17.8 Å². The molecule has 2 aromatic heterocycles. The maximum Gasteiger partial charge on any atom is 0.272 e.